The summed E-state index contributed by atoms with van der Waals surface area (Å²) in [5.74, 6) is 2.65. The Balaban J connectivity index is 1.89. The summed E-state index contributed by atoms with van der Waals surface area (Å²) in [7, 11) is 0. The van der Waals surface area contributed by atoms with Crippen LogP contribution in [0.3, 0.4) is 0 Å². The molecule has 2 N–H and O–H groups in total. The first-order chi connectivity index (χ1) is 6.77. The number of guanidine groups is 1. The number of rotatable bonds is 1. The van der Waals surface area contributed by atoms with Gasteiger partial charge in [0.05, 0.1) is 6.54 Å². The third-order valence-corrected chi connectivity index (χ3v) is 3.70. The van der Waals surface area contributed by atoms with E-state index in [0.29, 0.717) is 6.04 Å². The average Bonchev–Trinajstić information content (AvgIpc) is 2.66. The van der Waals surface area contributed by atoms with E-state index in [4.69, 9.17) is 0 Å². The van der Waals surface area contributed by atoms with Gasteiger partial charge in [-0.2, -0.15) is 0 Å². The molecule has 3 heteroatoms. The molecule has 1 saturated carbocycles. The van der Waals surface area contributed by atoms with E-state index in [1.165, 1.54) is 19.3 Å². The third kappa shape index (κ3) is 2.02. The van der Waals surface area contributed by atoms with Gasteiger partial charge in [-0.05, 0) is 18.3 Å². The Morgan fingerprint density at radius 2 is 2.21 bits per heavy atom. The molecule has 1 fully saturated rings. The summed E-state index contributed by atoms with van der Waals surface area (Å²) in [6.45, 7) is 6.65. The molecule has 14 heavy (non-hydrogen) atoms. The van der Waals surface area contributed by atoms with Crippen molar-refractivity contribution in [3.63, 3.8) is 0 Å². The van der Waals surface area contributed by atoms with Crippen LogP contribution in [0.5, 0.6) is 0 Å². The molecule has 1 aliphatic carbocycles. The molecule has 3 atom stereocenters. The standard InChI is InChI=1S/C11H21N3/c1-8-4-3-5-10(9(8)2)14-11-12-6-7-13-11/h8-10H,3-7H2,1-2H3,(H2,12,13,14). The van der Waals surface area contributed by atoms with Gasteiger partial charge in [-0.25, -0.2) is 0 Å². The molecule has 0 bridgehead atoms. The number of nitrogens with zero attached hydrogens (tertiary/aromatic N) is 1. The fourth-order valence-corrected chi connectivity index (χ4v) is 2.46. The number of hydrogen-bond donors (Lipinski definition) is 2. The molecule has 0 saturated heterocycles. The molecule has 0 aromatic rings. The highest BCUT2D eigenvalue weighted by Crippen LogP contribution is 2.29. The van der Waals surface area contributed by atoms with Crippen molar-refractivity contribution in [2.24, 2.45) is 16.8 Å². The largest absolute Gasteiger partial charge is 0.355 e. The van der Waals surface area contributed by atoms with E-state index in [0.717, 1.165) is 30.9 Å². The van der Waals surface area contributed by atoms with Gasteiger partial charge < -0.3 is 10.6 Å². The highest BCUT2D eigenvalue weighted by Gasteiger charge is 2.27. The summed E-state index contributed by atoms with van der Waals surface area (Å²) in [5, 5.41) is 6.82. The monoisotopic (exact) mass is 195 g/mol. The van der Waals surface area contributed by atoms with Crippen LogP contribution in [0.25, 0.3) is 0 Å². The molecule has 0 spiro atoms. The Kier molecular flexibility index (Phi) is 2.94. The highest BCUT2D eigenvalue weighted by atomic mass is 15.2. The van der Waals surface area contributed by atoms with E-state index in [1.807, 2.05) is 0 Å². The van der Waals surface area contributed by atoms with Crippen LogP contribution in [0.2, 0.25) is 0 Å². The van der Waals surface area contributed by atoms with E-state index in [9.17, 15) is 0 Å². The lowest BCUT2D eigenvalue weighted by molar-refractivity contribution is 0.224. The Morgan fingerprint density at radius 3 is 2.93 bits per heavy atom. The maximum absolute atomic E-state index is 4.38. The quantitative estimate of drug-likeness (QED) is 0.663. The molecule has 0 aromatic heterocycles. The minimum absolute atomic E-state index is 0.628. The maximum atomic E-state index is 4.38. The van der Waals surface area contributed by atoms with Crippen molar-refractivity contribution in [1.29, 1.82) is 0 Å². The number of aliphatic imine (C=N–C) groups is 1. The topological polar surface area (TPSA) is 36.4 Å². The summed E-state index contributed by atoms with van der Waals surface area (Å²) < 4.78 is 0. The van der Waals surface area contributed by atoms with Crippen LogP contribution in [0.4, 0.5) is 0 Å². The maximum Gasteiger partial charge on any atom is 0.191 e. The van der Waals surface area contributed by atoms with Crippen LogP contribution >= 0.6 is 0 Å². The Morgan fingerprint density at radius 1 is 1.36 bits per heavy atom. The van der Waals surface area contributed by atoms with Crippen LogP contribution in [-0.4, -0.2) is 25.1 Å². The lowest BCUT2D eigenvalue weighted by atomic mass is 9.78. The summed E-state index contributed by atoms with van der Waals surface area (Å²) in [6.07, 6.45) is 4.04. The van der Waals surface area contributed by atoms with E-state index < -0.39 is 0 Å². The number of nitrogens with one attached hydrogen (secondary N) is 2. The molecular weight excluding hydrogens is 174 g/mol. The van der Waals surface area contributed by atoms with Gasteiger partial charge in [0.15, 0.2) is 5.96 Å². The fraction of sp³-hybridized carbons (Fsp3) is 0.909. The highest BCUT2D eigenvalue weighted by molar-refractivity contribution is 5.81. The first-order valence-electron chi connectivity index (χ1n) is 5.82. The van der Waals surface area contributed by atoms with Crippen molar-refractivity contribution in [3.05, 3.63) is 0 Å². The van der Waals surface area contributed by atoms with Gasteiger partial charge in [0, 0.05) is 12.6 Å². The van der Waals surface area contributed by atoms with Crippen molar-refractivity contribution < 1.29 is 0 Å². The van der Waals surface area contributed by atoms with Gasteiger partial charge in [-0.15, -0.1) is 0 Å². The average molecular weight is 195 g/mol. The smallest absolute Gasteiger partial charge is 0.191 e. The minimum atomic E-state index is 0.628. The van der Waals surface area contributed by atoms with Crippen LogP contribution in [0.15, 0.2) is 4.99 Å². The Hall–Kier alpha value is -0.730. The molecule has 1 aliphatic heterocycles. The van der Waals surface area contributed by atoms with E-state index in [2.05, 4.69) is 29.5 Å². The van der Waals surface area contributed by atoms with E-state index in [1.54, 1.807) is 0 Å². The number of hydrogen-bond acceptors (Lipinski definition) is 3. The SMILES string of the molecule is CC1CCCC(NC2=NCCN2)C1C. The molecule has 3 unspecified atom stereocenters. The molecule has 2 rings (SSSR count). The van der Waals surface area contributed by atoms with Gasteiger partial charge in [0.2, 0.25) is 0 Å². The first kappa shape index (κ1) is 9.81. The minimum Gasteiger partial charge on any atom is -0.355 e. The van der Waals surface area contributed by atoms with Crippen LogP contribution in [-0.2, 0) is 0 Å². The van der Waals surface area contributed by atoms with Crippen molar-refractivity contribution in [3.8, 4) is 0 Å². The second kappa shape index (κ2) is 4.20. The summed E-state index contributed by atoms with van der Waals surface area (Å²) in [4.78, 5) is 4.38. The lowest BCUT2D eigenvalue weighted by Gasteiger charge is -2.35. The molecular formula is C11H21N3. The predicted octanol–water partition coefficient (Wildman–Crippen LogP) is 1.36. The first-order valence-corrected chi connectivity index (χ1v) is 5.82. The zero-order valence-electron chi connectivity index (χ0n) is 9.21. The fourth-order valence-electron chi connectivity index (χ4n) is 2.46. The van der Waals surface area contributed by atoms with Gasteiger partial charge in [0.1, 0.15) is 0 Å². The van der Waals surface area contributed by atoms with Gasteiger partial charge in [0.25, 0.3) is 0 Å². The summed E-state index contributed by atoms with van der Waals surface area (Å²) in [5.41, 5.74) is 0. The zero-order chi connectivity index (χ0) is 9.97. The summed E-state index contributed by atoms with van der Waals surface area (Å²) in [6, 6.07) is 0.628. The lowest BCUT2D eigenvalue weighted by Crippen LogP contribution is -2.47. The second-order valence-corrected chi connectivity index (χ2v) is 4.68. The Labute approximate surface area is 86.4 Å². The normalized spacial score (nSPS) is 37.6. The predicted molar refractivity (Wildman–Crippen MR) is 59.4 cm³/mol. The molecule has 0 aromatic carbocycles. The van der Waals surface area contributed by atoms with Gasteiger partial charge in [-0.1, -0.05) is 26.7 Å². The molecule has 2 aliphatic rings. The summed E-state index contributed by atoms with van der Waals surface area (Å²) >= 11 is 0. The van der Waals surface area contributed by atoms with Crippen molar-refractivity contribution in [2.75, 3.05) is 13.1 Å². The molecule has 0 amide bonds. The van der Waals surface area contributed by atoms with E-state index in [-0.39, 0.29) is 0 Å². The molecule has 0 radical (unpaired) electrons. The van der Waals surface area contributed by atoms with Crippen LogP contribution < -0.4 is 10.6 Å². The van der Waals surface area contributed by atoms with Gasteiger partial charge in [-0.3, -0.25) is 4.99 Å². The Bertz CT molecular complexity index is 225. The van der Waals surface area contributed by atoms with Gasteiger partial charge >= 0.3 is 0 Å². The van der Waals surface area contributed by atoms with E-state index >= 15 is 0 Å². The third-order valence-electron chi connectivity index (χ3n) is 3.70. The van der Waals surface area contributed by atoms with Crippen molar-refractivity contribution in [2.45, 2.75) is 39.2 Å². The molecule has 80 valence electrons. The zero-order valence-corrected chi connectivity index (χ0v) is 9.21. The van der Waals surface area contributed by atoms with Crippen LogP contribution in [0, 0.1) is 11.8 Å². The van der Waals surface area contributed by atoms with Crippen molar-refractivity contribution >= 4 is 5.96 Å². The second-order valence-electron chi connectivity index (χ2n) is 4.68. The molecule has 3 nitrogen and oxygen atoms in total. The van der Waals surface area contributed by atoms with Crippen LogP contribution in [0.1, 0.15) is 33.1 Å². The molecule has 1 heterocycles. The van der Waals surface area contributed by atoms with Crippen molar-refractivity contribution in [1.82, 2.24) is 10.6 Å².